The Kier molecular flexibility index (Phi) is 9.44. The highest BCUT2D eigenvalue weighted by molar-refractivity contribution is 4.80. The molecule has 0 aliphatic carbocycles. The maximum atomic E-state index is 5.53. The Bertz CT molecular complexity index is 236. The summed E-state index contributed by atoms with van der Waals surface area (Å²) in [7, 11) is 2.25. The maximum Gasteiger partial charge on any atom is 0.0518 e. The van der Waals surface area contributed by atoms with Gasteiger partial charge < -0.3 is 15.0 Å². The summed E-state index contributed by atoms with van der Waals surface area (Å²) < 4.78 is 5.53. The van der Waals surface area contributed by atoms with Gasteiger partial charge in [-0.3, -0.25) is 4.90 Å². The molecule has 1 N–H and O–H groups in total. The standard InChI is InChI=1S/C16H35N3O/c1-5-19-11-6-8-16(19)14-18(4)12-10-17-9-7-13-20-15(2)3/h15-17H,5-14H2,1-4H3. The molecular formula is C16H35N3O. The summed E-state index contributed by atoms with van der Waals surface area (Å²) in [5.74, 6) is 0. The molecule has 0 aromatic carbocycles. The molecule has 4 heteroatoms. The van der Waals surface area contributed by atoms with Crippen LogP contribution in [0.4, 0.5) is 0 Å². The third-order valence-electron chi connectivity index (χ3n) is 4.05. The van der Waals surface area contributed by atoms with Gasteiger partial charge in [0.25, 0.3) is 0 Å². The van der Waals surface area contributed by atoms with E-state index in [2.05, 4.69) is 42.9 Å². The van der Waals surface area contributed by atoms with Gasteiger partial charge in [-0.2, -0.15) is 0 Å². The third kappa shape index (κ3) is 7.58. The van der Waals surface area contributed by atoms with Gasteiger partial charge in [0.05, 0.1) is 6.10 Å². The second kappa shape index (κ2) is 10.6. The predicted octanol–water partition coefficient (Wildman–Crippen LogP) is 1.81. The lowest BCUT2D eigenvalue weighted by molar-refractivity contribution is 0.0770. The summed E-state index contributed by atoms with van der Waals surface area (Å²) in [6.45, 7) is 14.3. The van der Waals surface area contributed by atoms with Crippen LogP contribution in [-0.2, 0) is 4.74 Å². The smallest absolute Gasteiger partial charge is 0.0518 e. The van der Waals surface area contributed by atoms with E-state index in [9.17, 15) is 0 Å². The summed E-state index contributed by atoms with van der Waals surface area (Å²) in [4.78, 5) is 5.09. The van der Waals surface area contributed by atoms with E-state index in [0.29, 0.717) is 6.10 Å². The van der Waals surface area contributed by atoms with E-state index in [4.69, 9.17) is 4.74 Å². The Hall–Kier alpha value is -0.160. The van der Waals surface area contributed by atoms with E-state index >= 15 is 0 Å². The number of hydrogen-bond acceptors (Lipinski definition) is 4. The molecule has 1 atom stereocenters. The fraction of sp³-hybridized carbons (Fsp3) is 1.00. The number of rotatable bonds is 11. The Labute approximate surface area is 125 Å². The zero-order valence-electron chi connectivity index (χ0n) is 14.0. The topological polar surface area (TPSA) is 27.7 Å². The first-order valence-corrected chi connectivity index (χ1v) is 8.38. The van der Waals surface area contributed by atoms with Crippen molar-refractivity contribution >= 4 is 0 Å². The SMILES string of the molecule is CCN1CCCC1CN(C)CCNCCCOC(C)C. The van der Waals surface area contributed by atoms with E-state index in [1.165, 1.54) is 32.5 Å². The molecule has 1 unspecified atom stereocenters. The molecule has 0 radical (unpaired) electrons. The number of ether oxygens (including phenoxy) is 1. The van der Waals surface area contributed by atoms with Crippen LogP contribution in [-0.4, -0.2) is 74.9 Å². The fourth-order valence-electron chi connectivity index (χ4n) is 2.88. The van der Waals surface area contributed by atoms with Crippen molar-refractivity contribution in [1.82, 2.24) is 15.1 Å². The minimum absolute atomic E-state index is 0.356. The lowest BCUT2D eigenvalue weighted by atomic mass is 10.2. The Morgan fingerprint density at radius 2 is 2.15 bits per heavy atom. The van der Waals surface area contributed by atoms with Gasteiger partial charge in [0.1, 0.15) is 0 Å². The molecule has 4 nitrogen and oxygen atoms in total. The van der Waals surface area contributed by atoms with Gasteiger partial charge in [0, 0.05) is 32.3 Å². The van der Waals surface area contributed by atoms with Gasteiger partial charge in [-0.1, -0.05) is 6.92 Å². The molecule has 0 saturated carbocycles. The summed E-state index contributed by atoms with van der Waals surface area (Å²) in [5.41, 5.74) is 0. The Balaban J connectivity index is 1.96. The molecule has 1 saturated heterocycles. The minimum Gasteiger partial charge on any atom is -0.379 e. The Morgan fingerprint density at radius 1 is 1.35 bits per heavy atom. The van der Waals surface area contributed by atoms with Gasteiger partial charge >= 0.3 is 0 Å². The quantitative estimate of drug-likeness (QED) is 0.586. The first-order chi connectivity index (χ1) is 9.63. The van der Waals surface area contributed by atoms with Crippen LogP contribution in [0.1, 0.15) is 40.0 Å². The first kappa shape index (κ1) is 17.9. The molecule has 1 aliphatic rings. The average Bonchev–Trinajstić information content (AvgIpc) is 2.84. The average molecular weight is 285 g/mol. The molecule has 1 fully saturated rings. The molecule has 1 heterocycles. The van der Waals surface area contributed by atoms with E-state index in [0.717, 1.165) is 38.7 Å². The molecule has 0 aromatic heterocycles. The molecule has 0 spiro atoms. The molecule has 120 valence electrons. The van der Waals surface area contributed by atoms with E-state index < -0.39 is 0 Å². The van der Waals surface area contributed by atoms with Crippen LogP contribution >= 0.6 is 0 Å². The molecular weight excluding hydrogens is 250 g/mol. The van der Waals surface area contributed by atoms with Gasteiger partial charge in [0.15, 0.2) is 0 Å². The number of likely N-dealkylation sites (N-methyl/N-ethyl adjacent to an activating group) is 2. The van der Waals surface area contributed by atoms with E-state index in [1.807, 2.05) is 0 Å². The van der Waals surface area contributed by atoms with Crippen LogP contribution in [0.5, 0.6) is 0 Å². The third-order valence-corrected chi connectivity index (χ3v) is 4.05. The fourth-order valence-corrected chi connectivity index (χ4v) is 2.88. The largest absolute Gasteiger partial charge is 0.379 e. The van der Waals surface area contributed by atoms with E-state index in [-0.39, 0.29) is 0 Å². The van der Waals surface area contributed by atoms with Gasteiger partial charge in [-0.15, -0.1) is 0 Å². The van der Waals surface area contributed by atoms with Crippen molar-refractivity contribution in [1.29, 1.82) is 0 Å². The van der Waals surface area contributed by atoms with Crippen molar-refractivity contribution in [2.75, 3.05) is 52.9 Å². The summed E-state index contributed by atoms with van der Waals surface area (Å²) in [6, 6.07) is 0.782. The second-order valence-corrected chi connectivity index (χ2v) is 6.21. The van der Waals surface area contributed by atoms with Crippen LogP contribution < -0.4 is 5.32 Å². The zero-order chi connectivity index (χ0) is 14.8. The molecule has 1 rings (SSSR count). The van der Waals surface area contributed by atoms with Crippen LogP contribution in [0.3, 0.4) is 0 Å². The lowest BCUT2D eigenvalue weighted by Gasteiger charge is -2.27. The summed E-state index contributed by atoms with van der Waals surface area (Å²) >= 11 is 0. The van der Waals surface area contributed by atoms with Crippen molar-refractivity contribution in [3.8, 4) is 0 Å². The highest BCUT2D eigenvalue weighted by atomic mass is 16.5. The molecule has 1 aliphatic heterocycles. The number of nitrogens with zero attached hydrogens (tertiary/aromatic N) is 2. The highest BCUT2D eigenvalue weighted by Crippen LogP contribution is 2.16. The van der Waals surface area contributed by atoms with Crippen molar-refractivity contribution in [2.45, 2.75) is 52.2 Å². The van der Waals surface area contributed by atoms with Crippen LogP contribution in [0, 0.1) is 0 Å². The van der Waals surface area contributed by atoms with Gasteiger partial charge in [-0.05, 0) is 59.8 Å². The molecule has 0 bridgehead atoms. The van der Waals surface area contributed by atoms with Gasteiger partial charge in [0.2, 0.25) is 0 Å². The lowest BCUT2D eigenvalue weighted by Crippen LogP contribution is -2.40. The van der Waals surface area contributed by atoms with Gasteiger partial charge in [-0.25, -0.2) is 0 Å². The maximum absolute atomic E-state index is 5.53. The highest BCUT2D eigenvalue weighted by Gasteiger charge is 2.23. The van der Waals surface area contributed by atoms with Crippen molar-refractivity contribution in [2.24, 2.45) is 0 Å². The van der Waals surface area contributed by atoms with Crippen molar-refractivity contribution in [3.05, 3.63) is 0 Å². The molecule has 20 heavy (non-hydrogen) atoms. The molecule has 0 aromatic rings. The number of hydrogen-bond donors (Lipinski definition) is 1. The van der Waals surface area contributed by atoms with Crippen LogP contribution in [0.15, 0.2) is 0 Å². The Morgan fingerprint density at radius 3 is 2.85 bits per heavy atom. The first-order valence-electron chi connectivity index (χ1n) is 8.38. The predicted molar refractivity (Wildman–Crippen MR) is 86.3 cm³/mol. The van der Waals surface area contributed by atoms with Crippen LogP contribution in [0.25, 0.3) is 0 Å². The summed E-state index contributed by atoms with van der Waals surface area (Å²) in [6.07, 6.45) is 4.21. The number of likely N-dealkylation sites (tertiary alicyclic amines) is 1. The normalized spacial score (nSPS) is 20.4. The monoisotopic (exact) mass is 285 g/mol. The minimum atomic E-state index is 0.356. The second-order valence-electron chi connectivity index (χ2n) is 6.21. The van der Waals surface area contributed by atoms with Crippen molar-refractivity contribution < 1.29 is 4.74 Å². The number of nitrogens with one attached hydrogen (secondary N) is 1. The zero-order valence-corrected chi connectivity index (χ0v) is 14.0. The van der Waals surface area contributed by atoms with Crippen molar-refractivity contribution in [3.63, 3.8) is 0 Å². The van der Waals surface area contributed by atoms with E-state index in [1.54, 1.807) is 0 Å². The van der Waals surface area contributed by atoms with Crippen LogP contribution in [0.2, 0.25) is 0 Å². The summed E-state index contributed by atoms with van der Waals surface area (Å²) in [5, 5.41) is 3.50. The molecule has 0 amide bonds.